The number of nitrogens with one attached hydrogen (secondary N) is 1. The second kappa shape index (κ2) is 9.60. The van der Waals surface area contributed by atoms with E-state index in [4.69, 9.17) is 4.74 Å². The van der Waals surface area contributed by atoms with E-state index in [0.29, 0.717) is 13.2 Å². The van der Waals surface area contributed by atoms with E-state index in [-0.39, 0.29) is 16.7 Å². The molecule has 1 heterocycles. The van der Waals surface area contributed by atoms with Crippen molar-refractivity contribution >= 4 is 33.4 Å². The Morgan fingerprint density at radius 2 is 2.03 bits per heavy atom. The fraction of sp³-hybridized carbons (Fsp3) is 0.350. The van der Waals surface area contributed by atoms with E-state index in [2.05, 4.69) is 5.32 Å². The van der Waals surface area contributed by atoms with Crippen LogP contribution in [-0.2, 0) is 19.6 Å². The summed E-state index contributed by atoms with van der Waals surface area (Å²) in [5.74, 6) is -1.06. The number of carbonyl (C=O) groups is 1. The van der Waals surface area contributed by atoms with Crippen LogP contribution in [0.15, 0.2) is 58.3 Å². The van der Waals surface area contributed by atoms with Crippen LogP contribution in [0.4, 0.5) is 10.1 Å². The molecule has 1 aliphatic rings. The molecule has 0 bridgehead atoms. The van der Waals surface area contributed by atoms with Gasteiger partial charge in [0.2, 0.25) is 5.91 Å². The lowest BCUT2D eigenvalue weighted by Crippen LogP contribution is -2.42. The quantitative estimate of drug-likeness (QED) is 0.641. The second-order valence-corrected chi connectivity index (χ2v) is 9.35. The Morgan fingerprint density at radius 1 is 1.28 bits per heavy atom. The minimum atomic E-state index is -4.06. The molecule has 1 aliphatic heterocycles. The van der Waals surface area contributed by atoms with E-state index < -0.39 is 28.3 Å². The molecule has 0 radical (unpaired) electrons. The van der Waals surface area contributed by atoms with Crippen molar-refractivity contribution in [3.05, 3.63) is 54.3 Å². The van der Waals surface area contributed by atoms with Gasteiger partial charge in [0, 0.05) is 18.0 Å². The molecule has 0 spiro atoms. The van der Waals surface area contributed by atoms with Gasteiger partial charge in [0.05, 0.1) is 16.7 Å². The Balaban J connectivity index is 1.84. The van der Waals surface area contributed by atoms with Crippen molar-refractivity contribution in [1.82, 2.24) is 5.32 Å². The number of nitrogens with zero attached hydrogens (tertiary/aromatic N) is 1. The van der Waals surface area contributed by atoms with Crippen LogP contribution in [0.2, 0.25) is 0 Å². The van der Waals surface area contributed by atoms with Gasteiger partial charge in [-0.1, -0.05) is 6.07 Å². The molecule has 3 rings (SSSR count). The summed E-state index contributed by atoms with van der Waals surface area (Å²) in [5, 5.41) is 2.71. The number of amides is 1. The zero-order valence-electron chi connectivity index (χ0n) is 16.0. The van der Waals surface area contributed by atoms with Crippen molar-refractivity contribution in [2.75, 3.05) is 30.3 Å². The molecule has 0 aromatic heterocycles. The molecule has 6 nitrogen and oxygen atoms in total. The summed E-state index contributed by atoms with van der Waals surface area (Å²) >= 11 is 1.49. The zero-order chi connectivity index (χ0) is 20.9. The van der Waals surface area contributed by atoms with Crippen LogP contribution in [-0.4, -0.2) is 46.4 Å². The van der Waals surface area contributed by atoms with Gasteiger partial charge in [0.15, 0.2) is 0 Å². The van der Waals surface area contributed by atoms with Crippen molar-refractivity contribution < 1.29 is 22.3 Å². The number of carbonyl (C=O) groups excluding carboxylic acids is 1. The standard InChI is InChI=1S/C20H23FN2O4S2/c1-28-18-7-9-19(10-8-18)29(25,26)23(16-5-2-4-15(21)12-16)14-20(24)22-13-17-6-3-11-27-17/h2,4-5,7-10,12,17H,3,6,11,13-14H2,1H3,(H,22,24). The number of anilines is 1. The first-order chi connectivity index (χ1) is 13.9. The maximum absolute atomic E-state index is 13.8. The molecule has 156 valence electrons. The summed E-state index contributed by atoms with van der Waals surface area (Å²) in [4.78, 5) is 13.4. The summed E-state index contributed by atoms with van der Waals surface area (Å²) in [6.07, 6.45) is 3.63. The molecule has 1 fully saturated rings. The van der Waals surface area contributed by atoms with Crippen molar-refractivity contribution in [3.63, 3.8) is 0 Å². The van der Waals surface area contributed by atoms with Gasteiger partial charge in [0.1, 0.15) is 12.4 Å². The highest BCUT2D eigenvalue weighted by Gasteiger charge is 2.28. The molecule has 1 unspecified atom stereocenters. The van der Waals surface area contributed by atoms with Crippen LogP contribution in [0.3, 0.4) is 0 Å². The largest absolute Gasteiger partial charge is 0.376 e. The minimum absolute atomic E-state index is 0.0338. The normalized spacial score (nSPS) is 16.6. The van der Waals surface area contributed by atoms with Gasteiger partial charge in [-0.25, -0.2) is 12.8 Å². The van der Waals surface area contributed by atoms with Crippen molar-refractivity contribution in [2.24, 2.45) is 0 Å². The van der Waals surface area contributed by atoms with Crippen LogP contribution in [0, 0.1) is 5.82 Å². The molecular formula is C20H23FN2O4S2. The molecule has 1 amide bonds. The maximum atomic E-state index is 13.8. The summed E-state index contributed by atoms with van der Waals surface area (Å²) < 4.78 is 46.6. The van der Waals surface area contributed by atoms with Crippen molar-refractivity contribution in [2.45, 2.75) is 28.7 Å². The summed E-state index contributed by atoms with van der Waals surface area (Å²) in [6, 6.07) is 11.5. The summed E-state index contributed by atoms with van der Waals surface area (Å²) in [6.45, 7) is 0.525. The monoisotopic (exact) mass is 438 g/mol. The Hall–Kier alpha value is -2.10. The van der Waals surface area contributed by atoms with Gasteiger partial charge in [-0.15, -0.1) is 11.8 Å². The SMILES string of the molecule is CSc1ccc(S(=O)(=O)N(CC(=O)NCC2CCCO2)c2cccc(F)c2)cc1. The average Bonchev–Trinajstić information content (AvgIpc) is 3.24. The van der Waals surface area contributed by atoms with Gasteiger partial charge >= 0.3 is 0 Å². The van der Waals surface area contributed by atoms with Gasteiger partial charge in [0.25, 0.3) is 10.0 Å². The van der Waals surface area contributed by atoms with Gasteiger partial charge < -0.3 is 10.1 Å². The van der Waals surface area contributed by atoms with Crippen molar-refractivity contribution in [3.8, 4) is 0 Å². The molecule has 0 aliphatic carbocycles. The molecule has 0 saturated carbocycles. The molecule has 1 saturated heterocycles. The highest BCUT2D eigenvalue weighted by molar-refractivity contribution is 7.98. The lowest BCUT2D eigenvalue weighted by atomic mass is 10.2. The van der Waals surface area contributed by atoms with E-state index in [1.54, 1.807) is 12.1 Å². The zero-order valence-corrected chi connectivity index (χ0v) is 17.6. The lowest BCUT2D eigenvalue weighted by Gasteiger charge is -2.24. The molecular weight excluding hydrogens is 415 g/mol. The number of benzene rings is 2. The minimum Gasteiger partial charge on any atom is -0.376 e. The van der Waals surface area contributed by atoms with Gasteiger partial charge in [-0.3, -0.25) is 9.10 Å². The number of sulfonamides is 1. The number of hydrogen-bond acceptors (Lipinski definition) is 5. The first-order valence-corrected chi connectivity index (χ1v) is 11.9. The highest BCUT2D eigenvalue weighted by atomic mass is 32.2. The van der Waals surface area contributed by atoms with E-state index in [1.807, 2.05) is 6.26 Å². The smallest absolute Gasteiger partial charge is 0.264 e. The first-order valence-electron chi connectivity index (χ1n) is 9.21. The molecule has 1 N–H and O–H groups in total. The molecule has 1 atom stereocenters. The van der Waals surface area contributed by atoms with E-state index in [1.165, 1.54) is 42.1 Å². The van der Waals surface area contributed by atoms with E-state index in [0.717, 1.165) is 28.1 Å². The third-order valence-electron chi connectivity index (χ3n) is 4.58. The van der Waals surface area contributed by atoms with Gasteiger partial charge in [-0.2, -0.15) is 0 Å². The summed E-state index contributed by atoms with van der Waals surface area (Å²) in [5.41, 5.74) is 0.0891. The van der Waals surface area contributed by atoms with Crippen LogP contribution >= 0.6 is 11.8 Å². The highest BCUT2D eigenvalue weighted by Crippen LogP contribution is 2.26. The predicted molar refractivity (Wildman–Crippen MR) is 111 cm³/mol. The molecule has 9 heteroatoms. The number of halogens is 1. The Bertz CT molecular complexity index is 945. The van der Waals surface area contributed by atoms with Crippen LogP contribution in [0.5, 0.6) is 0 Å². The maximum Gasteiger partial charge on any atom is 0.264 e. The predicted octanol–water partition coefficient (Wildman–Crippen LogP) is 3.04. The molecule has 2 aromatic carbocycles. The lowest BCUT2D eigenvalue weighted by molar-refractivity contribution is -0.120. The fourth-order valence-corrected chi connectivity index (χ4v) is 4.86. The van der Waals surface area contributed by atoms with Crippen LogP contribution in [0.1, 0.15) is 12.8 Å². The Labute approximate surface area is 174 Å². The number of thioether (sulfide) groups is 1. The van der Waals surface area contributed by atoms with E-state index in [9.17, 15) is 17.6 Å². The number of ether oxygens (including phenoxy) is 1. The van der Waals surface area contributed by atoms with Crippen LogP contribution in [0.25, 0.3) is 0 Å². The first kappa shape index (κ1) is 21.6. The Morgan fingerprint density at radius 3 is 2.66 bits per heavy atom. The number of hydrogen-bond donors (Lipinski definition) is 1. The van der Waals surface area contributed by atoms with Crippen molar-refractivity contribution in [1.29, 1.82) is 0 Å². The fourth-order valence-electron chi connectivity index (χ4n) is 3.04. The topological polar surface area (TPSA) is 75.7 Å². The average molecular weight is 439 g/mol. The molecule has 2 aromatic rings. The van der Waals surface area contributed by atoms with E-state index >= 15 is 0 Å². The third-order valence-corrected chi connectivity index (χ3v) is 7.11. The van der Waals surface area contributed by atoms with Crippen LogP contribution < -0.4 is 9.62 Å². The summed E-state index contributed by atoms with van der Waals surface area (Å²) in [7, 11) is -4.06. The second-order valence-electron chi connectivity index (χ2n) is 6.61. The Kier molecular flexibility index (Phi) is 7.15. The third kappa shape index (κ3) is 5.49. The van der Waals surface area contributed by atoms with Gasteiger partial charge in [-0.05, 0) is 61.6 Å². The number of rotatable bonds is 8. The molecule has 29 heavy (non-hydrogen) atoms.